The predicted molar refractivity (Wildman–Crippen MR) is 129 cm³/mol. The van der Waals surface area contributed by atoms with Crippen molar-refractivity contribution in [2.45, 2.75) is 64.2 Å². The molecule has 1 fully saturated rings. The van der Waals surface area contributed by atoms with Crippen molar-refractivity contribution in [3.05, 3.63) is 63.4 Å². The SMILES string of the molecule is CCCCNCC1(Cc2ccc(Cl)c(Cl)c2)CCCC(C)(c2cc(F)ccc2OC)C1. The first kappa shape index (κ1) is 24.4. The molecule has 0 bridgehead atoms. The third-order valence-electron chi connectivity index (χ3n) is 6.78. The minimum atomic E-state index is -0.209. The molecule has 2 nitrogen and oxygen atoms in total. The van der Waals surface area contributed by atoms with Gasteiger partial charge in [0.25, 0.3) is 0 Å². The lowest BCUT2D eigenvalue weighted by Crippen LogP contribution is -2.45. The van der Waals surface area contributed by atoms with Crippen molar-refractivity contribution in [2.75, 3.05) is 20.2 Å². The normalized spacial score (nSPS) is 23.7. The highest BCUT2D eigenvalue weighted by Crippen LogP contribution is 2.51. The first-order valence-corrected chi connectivity index (χ1v) is 12.1. The monoisotopic (exact) mass is 465 g/mol. The molecule has 0 saturated heterocycles. The van der Waals surface area contributed by atoms with Crippen molar-refractivity contribution in [1.82, 2.24) is 5.32 Å². The van der Waals surface area contributed by atoms with E-state index < -0.39 is 0 Å². The van der Waals surface area contributed by atoms with Crippen LogP contribution in [-0.4, -0.2) is 20.2 Å². The van der Waals surface area contributed by atoms with E-state index in [0.29, 0.717) is 10.0 Å². The number of hydrogen-bond donors (Lipinski definition) is 1. The van der Waals surface area contributed by atoms with Crippen molar-refractivity contribution in [1.29, 1.82) is 0 Å². The fourth-order valence-electron chi connectivity index (χ4n) is 5.34. The number of rotatable bonds is 9. The fraction of sp³-hybridized carbons (Fsp3) is 0.538. The third kappa shape index (κ3) is 5.94. The van der Waals surface area contributed by atoms with E-state index in [2.05, 4.69) is 25.2 Å². The fourth-order valence-corrected chi connectivity index (χ4v) is 5.66. The molecule has 0 radical (unpaired) electrons. The van der Waals surface area contributed by atoms with E-state index in [0.717, 1.165) is 62.9 Å². The van der Waals surface area contributed by atoms with Gasteiger partial charge in [-0.1, -0.05) is 56.0 Å². The van der Waals surface area contributed by atoms with Gasteiger partial charge in [0.1, 0.15) is 11.6 Å². The smallest absolute Gasteiger partial charge is 0.123 e. The van der Waals surface area contributed by atoms with Crippen LogP contribution in [0.5, 0.6) is 5.75 Å². The average molecular weight is 466 g/mol. The van der Waals surface area contributed by atoms with Crippen molar-refractivity contribution < 1.29 is 9.13 Å². The van der Waals surface area contributed by atoms with Crippen LogP contribution in [0.2, 0.25) is 10.0 Å². The molecule has 2 aromatic carbocycles. The Hall–Kier alpha value is -1.29. The van der Waals surface area contributed by atoms with E-state index in [1.165, 1.54) is 18.1 Å². The Morgan fingerprint density at radius 3 is 2.61 bits per heavy atom. The molecule has 3 rings (SSSR count). The maximum Gasteiger partial charge on any atom is 0.123 e. The van der Waals surface area contributed by atoms with Gasteiger partial charge in [0.05, 0.1) is 17.2 Å². The minimum Gasteiger partial charge on any atom is -0.496 e. The van der Waals surface area contributed by atoms with Crippen LogP contribution in [0.15, 0.2) is 36.4 Å². The molecule has 170 valence electrons. The molecule has 2 aromatic rings. The zero-order valence-corrected chi connectivity index (χ0v) is 20.4. The number of hydrogen-bond acceptors (Lipinski definition) is 2. The highest BCUT2D eigenvalue weighted by molar-refractivity contribution is 6.42. The number of nitrogens with one attached hydrogen (secondary N) is 1. The zero-order chi connectivity index (χ0) is 22.5. The molecule has 5 heteroatoms. The minimum absolute atomic E-state index is 0.0508. The van der Waals surface area contributed by atoms with Gasteiger partial charge in [0.2, 0.25) is 0 Å². The number of benzene rings is 2. The summed E-state index contributed by atoms with van der Waals surface area (Å²) in [6.45, 7) is 6.42. The molecule has 1 N–H and O–H groups in total. The van der Waals surface area contributed by atoms with E-state index >= 15 is 0 Å². The summed E-state index contributed by atoms with van der Waals surface area (Å²) in [5, 5.41) is 4.89. The van der Waals surface area contributed by atoms with Gasteiger partial charge >= 0.3 is 0 Å². The van der Waals surface area contributed by atoms with Crippen molar-refractivity contribution in [3.8, 4) is 5.75 Å². The van der Waals surface area contributed by atoms with Crippen molar-refractivity contribution in [3.63, 3.8) is 0 Å². The van der Waals surface area contributed by atoms with Crippen LogP contribution in [-0.2, 0) is 11.8 Å². The van der Waals surface area contributed by atoms with Gasteiger partial charge in [-0.3, -0.25) is 0 Å². The van der Waals surface area contributed by atoms with Gasteiger partial charge in [0.15, 0.2) is 0 Å². The highest BCUT2D eigenvalue weighted by atomic mass is 35.5. The summed E-state index contributed by atoms with van der Waals surface area (Å²) in [7, 11) is 1.66. The quantitative estimate of drug-likeness (QED) is 0.385. The lowest BCUT2D eigenvalue weighted by atomic mass is 9.58. The van der Waals surface area contributed by atoms with Crippen LogP contribution in [0.25, 0.3) is 0 Å². The Morgan fingerprint density at radius 2 is 1.90 bits per heavy atom. The van der Waals surface area contributed by atoms with Gasteiger partial charge in [-0.2, -0.15) is 0 Å². The molecule has 0 aromatic heterocycles. The van der Waals surface area contributed by atoms with Gasteiger partial charge in [-0.15, -0.1) is 0 Å². The summed E-state index contributed by atoms with van der Waals surface area (Å²) in [4.78, 5) is 0. The number of methoxy groups -OCH3 is 1. The lowest BCUT2D eigenvalue weighted by molar-refractivity contribution is 0.115. The number of ether oxygens (including phenoxy) is 1. The molecule has 31 heavy (non-hydrogen) atoms. The lowest BCUT2D eigenvalue weighted by Gasteiger charge is -2.47. The molecular formula is C26H34Cl2FNO. The van der Waals surface area contributed by atoms with Gasteiger partial charge in [-0.05, 0) is 85.4 Å². The van der Waals surface area contributed by atoms with E-state index in [1.807, 2.05) is 12.1 Å². The molecule has 0 spiro atoms. The maximum absolute atomic E-state index is 14.2. The molecule has 0 heterocycles. The van der Waals surface area contributed by atoms with Crippen molar-refractivity contribution >= 4 is 23.2 Å². The highest BCUT2D eigenvalue weighted by Gasteiger charge is 2.44. The van der Waals surface area contributed by atoms with Crippen LogP contribution in [0, 0.1) is 11.2 Å². The molecular weight excluding hydrogens is 432 g/mol. The van der Waals surface area contributed by atoms with E-state index in [9.17, 15) is 4.39 Å². The van der Waals surface area contributed by atoms with Crippen LogP contribution < -0.4 is 10.1 Å². The number of unbranched alkanes of at least 4 members (excludes halogenated alkanes) is 1. The zero-order valence-electron chi connectivity index (χ0n) is 18.9. The first-order chi connectivity index (χ1) is 14.8. The largest absolute Gasteiger partial charge is 0.496 e. The molecule has 2 atom stereocenters. The Morgan fingerprint density at radius 1 is 1.10 bits per heavy atom. The molecule has 2 unspecified atom stereocenters. The van der Waals surface area contributed by atoms with Gasteiger partial charge in [0, 0.05) is 12.1 Å². The second-order valence-electron chi connectivity index (χ2n) is 9.39. The Kier molecular flexibility index (Phi) is 8.29. The van der Waals surface area contributed by atoms with E-state index in [4.69, 9.17) is 27.9 Å². The van der Waals surface area contributed by atoms with Crippen LogP contribution >= 0.6 is 23.2 Å². The first-order valence-electron chi connectivity index (χ1n) is 11.3. The second-order valence-corrected chi connectivity index (χ2v) is 10.2. The predicted octanol–water partition coefficient (Wildman–Crippen LogP) is 7.59. The van der Waals surface area contributed by atoms with Crippen LogP contribution in [0.3, 0.4) is 0 Å². The summed E-state index contributed by atoms with van der Waals surface area (Å²) in [6.07, 6.45) is 7.44. The van der Waals surface area contributed by atoms with Crippen LogP contribution in [0.1, 0.15) is 63.5 Å². The summed E-state index contributed by atoms with van der Waals surface area (Å²) in [5.74, 6) is 0.562. The average Bonchev–Trinajstić information content (AvgIpc) is 2.74. The van der Waals surface area contributed by atoms with Gasteiger partial charge in [-0.25, -0.2) is 4.39 Å². The van der Waals surface area contributed by atoms with E-state index in [-0.39, 0.29) is 16.6 Å². The molecule has 1 aliphatic carbocycles. The van der Waals surface area contributed by atoms with Crippen molar-refractivity contribution in [2.24, 2.45) is 5.41 Å². The Labute approximate surface area is 196 Å². The molecule has 1 aliphatic rings. The summed E-state index contributed by atoms with van der Waals surface area (Å²) in [6, 6.07) is 10.9. The van der Waals surface area contributed by atoms with Gasteiger partial charge < -0.3 is 10.1 Å². The topological polar surface area (TPSA) is 21.3 Å². The van der Waals surface area contributed by atoms with E-state index in [1.54, 1.807) is 19.2 Å². The van der Waals surface area contributed by atoms with Crippen LogP contribution in [0.4, 0.5) is 4.39 Å². The Bertz CT molecular complexity index is 890. The summed E-state index contributed by atoms with van der Waals surface area (Å²) in [5.41, 5.74) is 2.06. The standard InChI is InChI=1S/C26H34Cl2FNO/c1-4-5-13-30-18-26(16-19-7-9-22(27)23(28)14-19)12-6-11-25(2,17-26)21-15-20(29)8-10-24(21)31-3/h7-10,14-15,30H,4-6,11-13,16-18H2,1-3H3. The maximum atomic E-state index is 14.2. The molecule has 1 saturated carbocycles. The Balaban J connectivity index is 1.93. The molecule has 0 amide bonds. The number of halogens is 3. The third-order valence-corrected chi connectivity index (χ3v) is 7.52. The summed E-state index contributed by atoms with van der Waals surface area (Å²) >= 11 is 12.5. The molecule has 0 aliphatic heterocycles. The second kappa shape index (κ2) is 10.6. The summed E-state index contributed by atoms with van der Waals surface area (Å²) < 4.78 is 19.9.